The Bertz CT molecular complexity index is 2850. The Balaban J connectivity index is 1.45. The van der Waals surface area contributed by atoms with Crippen molar-refractivity contribution in [1.29, 1.82) is 5.26 Å². The molecule has 0 bridgehead atoms. The summed E-state index contributed by atoms with van der Waals surface area (Å²) in [6.45, 7) is 17.2. The number of carbonyl (C=O) groups excluding carboxylic acids is 2. The van der Waals surface area contributed by atoms with Crippen LogP contribution < -0.4 is 11.1 Å². The highest BCUT2D eigenvalue weighted by atomic mass is 16.3. The van der Waals surface area contributed by atoms with Crippen molar-refractivity contribution >= 4 is 40.3 Å². The molecule has 2 amide bonds. The molecule has 0 unspecified atom stereocenters. The molecule has 0 aliphatic heterocycles. The summed E-state index contributed by atoms with van der Waals surface area (Å²) >= 11 is 0. The van der Waals surface area contributed by atoms with Crippen molar-refractivity contribution in [2.45, 2.75) is 66.5 Å². The smallest absolute Gasteiger partial charge is 0.281 e. The first-order valence-electron chi connectivity index (χ1n) is 22.5. The first-order chi connectivity index (χ1) is 33.0. The molecule has 0 radical (unpaired) electrons. The van der Waals surface area contributed by atoms with Crippen LogP contribution in [0, 0.1) is 17.9 Å². The van der Waals surface area contributed by atoms with Crippen molar-refractivity contribution in [3.8, 4) is 40.1 Å². The quantitative estimate of drug-likeness (QED) is 0.0594. The van der Waals surface area contributed by atoms with E-state index in [-0.39, 0.29) is 56.9 Å². The number of unbranched alkanes of at least 4 members (excludes halogenated alkanes) is 2. The molecule has 0 aliphatic carbocycles. The molecule has 6 rings (SSSR count). The van der Waals surface area contributed by atoms with Crippen LogP contribution in [0.15, 0.2) is 139 Å². The average molecular weight is 913 g/mol. The third-order valence-electron chi connectivity index (χ3n) is 11.3. The number of carbonyl (C=O) groups is 2. The molecule has 6 aromatic rings. The normalized spacial score (nSPS) is 11.1. The second-order valence-corrected chi connectivity index (χ2v) is 15.7. The monoisotopic (exact) mass is 912 g/mol. The lowest BCUT2D eigenvalue weighted by molar-refractivity contribution is 0.0754. The second-order valence-electron chi connectivity index (χ2n) is 15.7. The van der Waals surface area contributed by atoms with Crippen LogP contribution in [0.25, 0.3) is 27.1 Å². The van der Waals surface area contributed by atoms with Gasteiger partial charge < -0.3 is 20.0 Å². The number of pyridine rings is 2. The van der Waals surface area contributed by atoms with Crippen molar-refractivity contribution in [1.82, 2.24) is 18.9 Å². The lowest BCUT2D eigenvalue weighted by Crippen LogP contribution is -2.31. The maximum Gasteiger partial charge on any atom is 0.281 e. The minimum absolute atomic E-state index is 0.00101. The largest absolute Gasteiger partial charge is 0.503 e. The van der Waals surface area contributed by atoms with E-state index in [1.165, 1.54) is 0 Å². The van der Waals surface area contributed by atoms with E-state index in [1.807, 2.05) is 33.8 Å². The topological polar surface area (TPSA) is 203 Å². The van der Waals surface area contributed by atoms with Gasteiger partial charge in [0.1, 0.15) is 17.3 Å². The van der Waals surface area contributed by atoms with Gasteiger partial charge in [-0.15, -0.1) is 10.2 Å². The van der Waals surface area contributed by atoms with Crippen LogP contribution >= 0.6 is 0 Å². The number of nitrogens with zero attached hydrogens (tertiary/aromatic N) is 10. The van der Waals surface area contributed by atoms with E-state index >= 15 is 0 Å². The maximum atomic E-state index is 14.6. The van der Waals surface area contributed by atoms with E-state index < -0.39 is 36.0 Å². The van der Waals surface area contributed by atoms with Gasteiger partial charge in [-0.1, -0.05) is 99.5 Å². The summed E-state index contributed by atoms with van der Waals surface area (Å²) in [5, 5.41) is 51.2. The highest BCUT2D eigenvalue weighted by Crippen LogP contribution is 2.43. The first kappa shape index (κ1) is 48.9. The van der Waals surface area contributed by atoms with Crippen molar-refractivity contribution in [2.75, 3.05) is 26.2 Å². The number of hydrogen-bond donors (Lipinski definition) is 2. The summed E-state index contributed by atoms with van der Waals surface area (Å²) in [5.74, 6) is -1.85. The number of aromatic hydroxyl groups is 2. The average Bonchev–Trinajstić information content (AvgIpc) is 3.37. The Morgan fingerprint density at radius 2 is 1.07 bits per heavy atom. The van der Waals surface area contributed by atoms with Crippen LogP contribution in [0.5, 0.6) is 11.8 Å². The first-order valence-corrected chi connectivity index (χ1v) is 22.5. The van der Waals surface area contributed by atoms with Crippen LogP contribution in [0.4, 0.5) is 28.4 Å². The summed E-state index contributed by atoms with van der Waals surface area (Å²) in [5.41, 5.74) is -1.05. The summed E-state index contributed by atoms with van der Waals surface area (Å²) in [6, 6.07) is 31.8. The van der Waals surface area contributed by atoms with Gasteiger partial charge in [0.25, 0.3) is 28.6 Å². The van der Waals surface area contributed by atoms with Gasteiger partial charge in [-0.25, -0.2) is 4.85 Å². The molecule has 0 saturated heterocycles. The number of aromatic nitrogens is 2. The molecule has 0 saturated carbocycles. The Labute approximate surface area is 394 Å². The lowest BCUT2D eigenvalue weighted by Gasteiger charge is -2.20. The molecule has 2 heterocycles. The highest BCUT2D eigenvalue weighted by molar-refractivity contribution is 5.96. The molecule has 68 heavy (non-hydrogen) atoms. The fraction of sp³-hybridized carbons (Fsp3) is 0.269. The van der Waals surface area contributed by atoms with Crippen molar-refractivity contribution in [2.24, 2.45) is 20.5 Å². The Morgan fingerprint density at radius 1 is 0.632 bits per heavy atom. The van der Waals surface area contributed by atoms with Gasteiger partial charge >= 0.3 is 0 Å². The molecule has 0 aliphatic rings. The third kappa shape index (κ3) is 10.8. The summed E-state index contributed by atoms with van der Waals surface area (Å²) in [6.07, 6.45) is 3.52. The number of benzene rings is 4. The zero-order valence-corrected chi connectivity index (χ0v) is 38.5. The van der Waals surface area contributed by atoms with E-state index in [9.17, 15) is 34.7 Å². The van der Waals surface area contributed by atoms with Crippen molar-refractivity contribution < 1.29 is 19.8 Å². The Morgan fingerprint density at radius 3 is 1.50 bits per heavy atom. The predicted octanol–water partition coefficient (Wildman–Crippen LogP) is 11.2. The van der Waals surface area contributed by atoms with Gasteiger partial charge in [-0.2, -0.15) is 15.5 Å². The standard InChI is InChI=1S/C52H52N10O6/c1-6-10-28-59(8-3)47(63)37-24-18-26-39(32-37)55-57-45-42(35-20-14-12-15-21-35)41(34-53)49(65)61(51(45)67)30-31-62-50(66)44(54-5)43(36-22-16-13-17-23-36)46(52(62)68)58-56-40-27-19-25-38(33-40)48(64)60(9-4)29-11-7-2/h12-27,32-33,65-66H,6-11,28-31H2,1-4H3. The number of rotatable bonds is 19. The molecule has 16 nitrogen and oxygen atoms in total. The van der Waals surface area contributed by atoms with Crippen LogP contribution in [-0.2, 0) is 13.1 Å². The highest BCUT2D eigenvalue weighted by Gasteiger charge is 2.27. The molecule has 346 valence electrons. The van der Waals surface area contributed by atoms with Crippen molar-refractivity contribution in [3.05, 3.63) is 158 Å². The lowest BCUT2D eigenvalue weighted by atomic mass is 9.99. The maximum absolute atomic E-state index is 14.6. The summed E-state index contributed by atoms with van der Waals surface area (Å²) < 4.78 is 1.68. The van der Waals surface area contributed by atoms with Gasteiger partial charge in [0.05, 0.1) is 17.9 Å². The van der Waals surface area contributed by atoms with Gasteiger partial charge in [-0.3, -0.25) is 28.3 Å². The molecule has 2 aromatic heterocycles. The fourth-order valence-corrected chi connectivity index (χ4v) is 7.64. The van der Waals surface area contributed by atoms with E-state index in [4.69, 9.17) is 6.57 Å². The van der Waals surface area contributed by atoms with E-state index in [0.717, 1.165) is 34.8 Å². The molecule has 0 atom stereocenters. The molecule has 0 spiro atoms. The van der Waals surface area contributed by atoms with E-state index in [1.54, 1.807) is 119 Å². The zero-order valence-electron chi connectivity index (χ0n) is 38.5. The molecular formula is C52H52N10O6. The van der Waals surface area contributed by atoms with E-state index in [2.05, 4.69) is 25.3 Å². The van der Waals surface area contributed by atoms with Gasteiger partial charge in [0.2, 0.25) is 5.88 Å². The third-order valence-corrected chi connectivity index (χ3v) is 11.3. The summed E-state index contributed by atoms with van der Waals surface area (Å²) in [4.78, 5) is 63.0. The number of amides is 2. The number of hydrogen-bond acceptors (Lipinski definition) is 11. The minimum Gasteiger partial charge on any atom is -0.503 e. The Kier molecular flexibility index (Phi) is 16.6. The molecule has 4 aromatic carbocycles. The van der Waals surface area contributed by atoms with Crippen LogP contribution in [0.2, 0.25) is 0 Å². The van der Waals surface area contributed by atoms with Gasteiger partial charge in [0.15, 0.2) is 11.6 Å². The zero-order chi connectivity index (χ0) is 48.7. The van der Waals surface area contributed by atoms with E-state index in [0.29, 0.717) is 48.4 Å². The van der Waals surface area contributed by atoms with Crippen LogP contribution in [0.1, 0.15) is 79.7 Å². The fourth-order valence-electron chi connectivity index (χ4n) is 7.64. The van der Waals surface area contributed by atoms with Crippen LogP contribution in [0.3, 0.4) is 0 Å². The minimum atomic E-state index is -0.891. The van der Waals surface area contributed by atoms with Gasteiger partial charge in [-0.05, 0) is 74.2 Å². The second kappa shape index (κ2) is 23.1. The summed E-state index contributed by atoms with van der Waals surface area (Å²) in [7, 11) is 0. The van der Waals surface area contributed by atoms with Gasteiger partial charge in [0, 0.05) is 61.5 Å². The molecule has 16 heteroatoms. The Hall–Kier alpha value is -8.50. The molecule has 0 fully saturated rings. The van der Waals surface area contributed by atoms with Crippen LogP contribution in [-0.4, -0.2) is 67.1 Å². The molecule has 2 N–H and O–H groups in total. The van der Waals surface area contributed by atoms with Crippen molar-refractivity contribution in [3.63, 3.8) is 0 Å². The predicted molar refractivity (Wildman–Crippen MR) is 261 cm³/mol. The number of azo groups is 2. The SMILES string of the molecule is [C-]#[N+]c1c(-c2ccccc2)c(N=Nc2cccc(C(=O)N(CC)CCCC)c2)c(=O)n(CCn2c(O)c(C#N)c(-c3ccccc3)c(N=Nc3cccc(C(=O)N(CC)CCCC)c3)c2=O)c1O. The number of nitriles is 1. The molecular weight excluding hydrogens is 861 g/mol.